The van der Waals surface area contributed by atoms with Gasteiger partial charge in [-0.3, -0.25) is 0 Å². The zero-order chi connectivity index (χ0) is 9.90. The standard InChI is InChI=1S/C8H9F3NO/c9-8(10,11)7-3-1-6(2-4-7)5-13-12/h1-4H,5H2,12H3/q+1. The average molecular weight is 192 g/mol. The zero-order valence-electron chi connectivity index (χ0n) is 6.77. The van der Waals surface area contributed by atoms with E-state index in [1.807, 2.05) is 0 Å². The number of hydrogen-bond donors (Lipinski definition) is 1. The molecule has 0 saturated heterocycles. The monoisotopic (exact) mass is 192 g/mol. The minimum Gasteiger partial charge on any atom is -0.212 e. The molecule has 0 radical (unpaired) electrons. The summed E-state index contributed by atoms with van der Waals surface area (Å²) in [6, 6.07) is 4.78. The predicted octanol–water partition coefficient (Wildman–Crippen LogP) is 1.38. The second-order valence-electron chi connectivity index (χ2n) is 2.54. The van der Waals surface area contributed by atoms with Gasteiger partial charge in [-0.1, -0.05) is 12.1 Å². The van der Waals surface area contributed by atoms with E-state index in [4.69, 9.17) is 0 Å². The zero-order valence-corrected chi connectivity index (χ0v) is 6.77. The van der Waals surface area contributed by atoms with E-state index in [0.717, 1.165) is 12.1 Å². The van der Waals surface area contributed by atoms with Gasteiger partial charge in [-0.05, 0) is 17.7 Å². The molecule has 0 aromatic heterocycles. The highest BCUT2D eigenvalue weighted by molar-refractivity contribution is 5.23. The molecule has 0 saturated carbocycles. The van der Waals surface area contributed by atoms with Crippen LogP contribution in [0.3, 0.4) is 0 Å². The highest BCUT2D eigenvalue weighted by Gasteiger charge is 2.29. The van der Waals surface area contributed by atoms with Crippen LogP contribution in [0.2, 0.25) is 0 Å². The van der Waals surface area contributed by atoms with Crippen LogP contribution in [-0.2, 0) is 17.6 Å². The lowest BCUT2D eigenvalue weighted by molar-refractivity contribution is -0.695. The Labute approximate surface area is 73.1 Å². The van der Waals surface area contributed by atoms with Crippen LogP contribution in [0, 0.1) is 0 Å². The van der Waals surface area contributed by atoms with Crippen molar-refractivity contribution in [3.63, 3.8) is 0 Å². The fourth-order valence-electron chi connectivity index (χ4n) is 0.908. The van der Waals surface area contributed by atoms with Crippen LogP contribution in [0.5, 0.6) is 0 Å². The summed E-state index contributed by atoms with van der Waals surface area (Å²) in [6.07, 6.45) is -4.27. The van der Waals surface area contributed by atoms with Gasteiger partial charge in [-0.15, -0.1) is 0 Å². The molecule has 1 aromatic carbocycles. The van der Waals surface area contributed by atoms with Crippen LogP contribution < -0.4 is 5.90 Å². The lowest BCUT2D eigenvalue weighted by Gasteiger charge is -2.06. The molecule has 0 amide bonds. The fourth-order valence-corrected chi connectivity index (χ4v) is 0.908. The maximum absolute atomic E-state index is 12.1. The van der Waals surface area contributed by atoms with E-state index in [1.54, 1.807) is 0 Å². The third-order valence-electron chi connectivity index (χ3n) is 1.55. The second kappa shape index (κ2) is 3.76. The number of benzene rings is 1. The Hall–Kier alpha value is -1.07. The first-order chi connectivity index (χ1) is 6.04. The summed E-state index contributed by atoms with van der Waals surface area (Å²) in [5.41, 5.74) is 0.0170. The van der Waals surface area contributed by atoms with Crippen molar-refractivity contribution in [3.05, 3.63) is 35.4 Å². The van der Waals surface area contributed by atoms with Gasteiger partial charge in [-0.2, -0.15) is 13.2 Å². The lowest BCUT2D eigenvalue weighted by Crippen LogP contribution is -2.48. The van der Waals surface area contributed by atoms with E-state index in [1.165, 1.54) is 12.1 Å². The van der Waals surface area contributed by atoms with Crippen molar-refractivity contribution in [2.45, 2.75) is 12.8 Å². The first-order valence-corrected chi connectivity index (χ1v) is 3.57. The molecule has 1 rings (SSSR count). The van der Waals surface area contributed by atoms with Crippen LogP contribution in [0.15, 0.2) is 24.3 Å². The molecular weight excluding hydrogens is 183 g/mol. The van der Waals surface area contributed by atoms with Crippen molar-refractivity contribution in [3.8, 4) is 0 Å². The molecular formula is C8H9F3NO+. The summed E-state index contributed by atoms with van der Waals surface area (Å²) in [7, 11) is 0. The minimum atomic E-state index is -4.27. The van der Waals surface area contributed by atoms with Crippen molar-refractivity contribution in [1.82, 2.24) is 0 Å². The SMILES string of the molecule is [NH3+]OCc1ccc(C(F)(F)F)cc1. The predicted molar refractivity (Wildman–Crippen MR) is 39.1 cm³/mol. The summed E-state index contributed by atoms with van der Waals surface area (Å²) < 4.78 is 36.2. The van der Waals surface area contributed by atoms with Crippen LogP contribution in [-0.4, -0.2) is 0 Å². The third kappa shape index (κ3) is 2.71. The van der Waals surface area contributed by atoms with E-state index in [9.17, 15) is 13.2 Å². The minimum absolute atomic E-state index is 0.220. The Kier molecular flexibility index (Phi) is 2.90. The van der Waals surface area contributed by atoms with Gasteiger partial charge < -0.3 is 0 Å². The Bertz CT molecular complexity index is 268. The molecule has 13 heavy (non-hydrogen) atoms. The molecule has 0 spiro atoms. The molecule has 0 aliphatic rings. The van der Waals surface area contributed by atoms with Gasteiger partial charge in [0.05, 0.1) is 5.56 Å². The van der Waals surface area contributed by atoms with E-state index >= 15 is 0 Å². The van der Waals surface area contributed by atoms with Gasteiger partial charge >= 0.3 is 6.18 Å². The first kappa shape index (κ1) is 10.0. The Balaban J connectivity index is 2.81. The normalized spacial score (nSPS) is 11.7. The molecule has 5 heteroatoms. The number of quaternary nitrogens is 1. The van der Waals surface area contributed by atoms with Gasteiger partial charge in [0.25, 0.3) is 0 Å². The van der Waals surface area contributed by atoms with E-state index < -0.39 is 11.7 Å². The molecule has 0 fully saturated rings. The molecule has 3 N–H and O–H groups in total. The number of rotatable bonds is 2. The molecule has 2 nitrogen and oxygen atoms in total. The Morgan fingerprint density at radius 2 is 1.69 bits per heavy atom. The molecule has 0 aliphatic carbocycles. The van der Waals surface area contributed by atoms with Crippen molar-refractivity contribution >= 4 is 0 Å². The maximum atomic E-state index is 12.1. The van der Waals surface area contributed by atoms with Crippen molar-refractivity contribution < 1.29 is 23.9 Å². The molecule has 0 heterocycles. The van der Waals surface area contributed by atoms with Crippen molar-refractivity contribution in [2.24, 2.45) is 0 Å². The molecule has 0 bridgehead atoms. The van der Waals surface area contributed by atoms with E-state index in [0.29, 0.717) is 5.56 Å². The van der Waals surface area contributed by atoms with Gasteiger partial charge in [-0.25, -0.2) is 10.7 Å². The topological polar surface area (TPSA) is 36.9 Å². The number of hydrogen-bond acceptors (Lipinski definition) is 1. The van der Waals surface area contributed by atoms with E-state index in [2.05, 4.69) is 10.7 Å². The molecule has 0 aliphatic heterocycles. The van der Waals surface area contributed by atoms with Crippen LogP contribution in [0.1, 0.15) is 11.1 Å². The molecule has 0 atom stereocenters. The van der Waals surface area contributed by atoms with Crippen LogP contribution >= 0.6 is 0 Å². The fraction of sp³-hybridized carbons (Fsp3) is 0.250. The second-order valence-corrected chi connectivity index (χ2v) is 2.54. The van der Waals surface area contributed by atoms with Crippen LogP contribution in [0.25, 0.3) is 0 Å². The quantitative estimate of drug-likeness (QED) is 0.706. The smallest absolute Gasteiger partial charge is 0.212 e. The summed E-state index contributed by atoms with van der Waals surface area (Å²) in [5.74, 6) is 3.13. The Morgan fingerprint density at radius 3 is 2.08 bits per heavy atom. The van der Waals surface area contributed by atoms with Crippen molar-refractivity contribution in [1.29, 1.82) is 0 Å². The van der Waals surface area contributed by atoms with Gasteiger partial charge in [0, 0.05) is 0 Å². The highest BCUT2D eigenvalue weighted by atomic mass is 19.4. The first-order valence-electron chi connectivity index (χ1n) is 3.57. The van der Waals surface area contributed by atoms with Gasteiger partial charge in [0.15, 0.2) is 0 Å². The largest absolute Gasteiger partial charge is 0.416 e. The average Bonchev–Trinajstić information content (AvgIpc) is 2.04. The number of alkyl halides is 3. The summed E-state index contributed by atoms with van der Waals surface area (Å²) >= 11 is 0. The maximum Gasteiger partial charge on any atom is 0.416 e. The highest BCUT2D eigenvalue weighted by Crippen LogP contribution is 2.28. The molecule has 1 aromatic rings. The van der Waals surface area contributed by atoms with Gasteiger partial charge in [0.2, 0.25) is 0 Å². The lowest BCUT2D eigenvalue weighted by atomic mass is 10.1. The summed E-state index contributed by atoms with van der Waals surface area (Å²) in [4.78, 5) is 4.52. The van der Waals surface area contributed by atoms with Crippen molar-refractivity contribution in [2.75, 3.05) is 0 Å². The van der Waals surface area contributed by atoms with E-state index in [-0.39, 0.29) is 6.61 Å². The van der Waals surface area contributed by atoms with Crippen LogP contribution in [0.4, 0.5) is 13.2 Å². The molecule has 72 valence electrons. The molecule has 0 unspecified atom stereocenters. The summed E-state index contributed by atoms with van der Waals surface area (Å²) in [5, 5.41) is 0. The third-order valence-corrected chi connectivity index (χ3v) is 1.55. The Morgan fingerprint density at radius 1 is 1.15 bits per heavy atom. The summed E-state index contributed by atoms with van der Waals surface area (Å²) in [6.45, 7) is 0.220. The number of halogens is 3. The van der Waals surface area contributed by atoms with Gasteiger partial charge in [0.1, 0.15) is 6.61 Å².